The molecule has 114 valence electrons. The summed E-state index contributed by atoms with van der Waals surface area (Å²) in [4.78, 5) is 10.5. The molecule has 3 nitrogen and oxygen atoms in total. The summed E-state index contributed by atoms with van der Waals surface area (Å²) < 4.78 is 6.34. The first-order valence-electron chi connectivity index (χ1n) is 7.19. The van der Waals surface area contributed by atoms with Crippen molar-refractivity contribution < 1.29 is 4.74 Å². The van der Waals surface area contributed by atoms with Crippen LogP contribution < -0.4 is 4.74 Å². The molecule has 0 aliphatic heterocycles. The zero-order chi connectivity index (χ0) is 15.8. The van der Waals surface area contributed by atoms with Gasteiger partial charge in [0.15, 0.2) is 0 Å². The average Bonchev–Trinajstić information content (AvgIpc) is 3.09. The van der Waals surface area contributed by atoms with Gasteiger partial charge in [0.05, 0.1) is 12.8 Å². The van der Waals surface area contributed by atoms with Gasteiger partial charge in [-0.05, 0) is 41.5 Å². The van der Waals surface area contributed by atoms with Crippen LogP contribution in [0.15, 0.2) is 51.9 Å². The quantitative estimate of drug-likeness (QED) is 0.452. The van der Waals surface area contributed by atoms with Crippen molar-refractivity contribution in [2.75, 3.05) is 7.11 Å². The molecule has 0 amide bonds. The Morgan fingerprint density at radius 3 is 3.00 bits per heavy atom. The summed E-state index contributed by atoms with van der Waals surface area (Å²) in [5.74, 6) is 0.895. The van der Waals surface area contributed by atoms with Gasteiger partial charge in [0.2, 0.25) is 5.13 Å². The maximum Gasteiger partial charge on any atom is 0.209 e. The highest BCUT2D eigenvalue weighted by molar-refractivity contribution is 9.10. The molecule has 0 atom stereocenters. The summed E-state index contributed by atoms with van der Waals surface area (Å²) in [5.41, 5.74) is 4.59. The van der Waals surface area contributed by atoms with Crippen LogP contribution in [0.4, 0.5) is 5.13 Å². The third-order valence-electron chi connectivity index (χ3n) is 3.78. The largest absolute Gasteiger partial charge is 0.497 e. The van der Waals surface area contributed by atoms with Crippen LogP contribution in [0.25, 0.3) is 11.3 Å². The number of methoxy groups -OCH3 is 1. The molecule has 2 aromatic carbocycles. The number of halogens is 1. The van der Waals surface area contributed by atoms with Gasteiger partial charge >= 0.3 is 0 Å². The fraction of sp³-hybridized carbons (Fsp3) is 0.111. The van der Waals surface area contributed by atoms with Crippen LogP contribution in [0.3, 0.4) is 0 Å². The summed E-state index contributed by atoms with van der Waals surface area (Å²) >= 11 is 5.12. The molecular formula is C18H13BrN2OS. The standard InChI is InChI=1S/C18H13BrN2OS/c1-22-14-5-6-15-12(8-14)9-16-17(15)21-18(23-16)20-10-11-3-2-4-13(19)7-11/h2-8,10H,9H2,1H3. The van der Waals surface area contributed by atoms with Crippen LogP contribution in [0.1, 0.15) is 16.0 Å². The Morgan fingerprint density at radius 2 is 2.17 bits per heavy atom. The van der Waals surface area contributed by atoms with Gasteiger partial charge in [0.1, 0.15) is 5.75 Å². The van der Waals surface area contributed by atoms with E-state index in [1.54, 1.807) is 18.4 Å². The van der Waals surface area contributed by atoms with Gasteiger partial charge in [-0.3, -0.25) is 0 Å². The highest BCUT2D eigenvalue weighted by atomic mass is 79.9. The van der Waals surface area contributed by atoms with Gasteiger partial charge in [-0.15, -0.1) is 0 Å². The molecule has 3 aromatic rings. The predicted molar refractivity (Wildman–Crippen MR) is 98.3 cm³/mol. The maximum absolute atomic E-state index is 5.29. The van der Waals surface area contributed by atoms with Gasteiger partial charge < -0.3 is 4.74 Å². The summed E-state index contributed by atoms with van der Waals surface area (Å²) in [5, 5.41) is 0.802. The van der Waals surface area contributed by atoms with Crippen molar-refractivity contribution in [1.29, 1.82) is 0 Å². The minimum absolute atomic E-state index is 0.802. The second-order valence-corrected chi connectivity index (χ2v) is 7.26. The van der Waals surface area contributed by atoms with Crippen LogP contribution >= 0.6 is 27.3 Å². The summed E-state index contributed by atoms with van der Waals surface area (Å²) in [6, 6.07) is 14.2. The minimum atomic E-state index is 0.802. The van der Waals surface area contributed by atoms with E-state index in [0.717, 1.165) is 33.0 Å². The smallest absolute Gasteiger partial charge is 0.209 e. The Bertz CT molecular complexity index is 917. The van der Waals surface area contributed by atoms with E-state index in [4.69, 9.17) is 9.72 Å². The lowest BCUT2D eigenvalue weighted by Gasteiger charge is -2.03. The Kier molecular flexibility index (Phi) is 3.75. The molecule has 0 bridgehead atoms. The third kappa shape index (κ3) is 2.82. The van der Waals surface area contributed by atoms with Gasteiger partial charge in [0, 0.05) is 27.5 Å². The molecule has 0 saturated carbocycles. The Hall–Kier alpha value is -1.98. The third-order valence-corrected chi connectivity index (χ3v) is 5.23. The van der Waals surface area contributed by atoms with Crippen molar-refractivity contribution in [3.8, 4) is 17.0 Å². The van der Waals surface area contributed by atoms with Crippen molar-refractivity contribution in [1.82, 2.24) is 4.98 Å². The first kappa shape index (κ1) is 14.6. The first-order chi connectivity index (χ1) is 11.2. The van der Waals surface area contributed by atoms with Crippen molar-refractivity contribution in [2.45, 2.75) is 6.42 Å². The van der Waals surface area contributed by atoms with Crippen LogP contribution in [0.2, 0.25) is 0 Å². The highest BCUT2D eigenvalue weighted by Crippen LogP contribution is 2.42. The first-order valence-corrected chi connectivity index (χ1v) is 8.80. The van der Waals surface area contributed by atoms with E-state index in [2.05, 4.69) is 33.1 Å². The number of ether oxygens (including phenoxy) is 1. The van der Waals surface area contributed by atoms with Crippen LogP contribution in [-0.2, 0) is 6.42 Å². The summed E-state index contributed by atoms with van der Waals surface area (Å²) in [6.45, 7) is 0. The predicted octanol–water partition coefficient (Wildman–Crippen LogP) is 5.24. The maximum atomic E-state index is 5.29. The van der Waals surface area contributed by atoms with E-state index in [9.17, 15) is 0 Å². The van der Waals surface area contributed by atoms with Crippen molar-refractivity contribution >= 4 is 38.6 Å². The zero-order valence-electron chi connectivity index (χ0n) is 12.4. The van der Waals surface area contributed by atoms with Gasteiger partial charge in [-0.1, -0.05) is 39.4 Å². The SMILES string of the molecule is COc1ccc2c(c1)Cc1sc(N=Cc3cccc(Br)c3)nc1-2. The molecule has 0 radical (unpaired) electrons. The number of nitrogens with zero attached hydrogens (tertiary/aromatic N) is 2. The van der Waals surface area contributed by atoms with E-state index in [0.29, 0.717) is 0 Å². The molecule has 4 rings (SSSR count). The number of fused-ring (bicyclic) bond motifs is 3. The minimum Gasteiger partial charge on any atom is -0.497 e. The van der Waals surface area contributed by atoms with Crippen LogP contribution in [0, 0.1) is 0 Å². The second-order valence-electron chi connectivity index (χ2n) is 5.28. The molecule has 1 aliphatic rings. The van der Waals surface area contributed by atoms with Crippen LogP contribution in [0.5, 0.6) is 5.75 Å². The molecule has 0 N–H and O–H groups in total. The van der Waals surface area contributed by atoms with E-state index < -0.39 is 0 Å². The average molecular weight is 385 g/mol. The summed E-state index contributed by atoms with van der Waals surface area (Å²) in [6.07, 6.45) is 2.76. The monoisotopic (exact) mass is 384 g/mol. The molecular weight excluding hydrogens is 372 g/mol. The van der Waals surface area contributed by atoms with Crippen molar-refractivity contribution in [3.05, 3.63) is 62.9 Å². The lowest BCUT2D eigenvalue weighted by Crippen LogP contribution is -1.86. The Labute approximate surface area is 146 Å². The lowest BCUT2D eigenvalue weighted by molar-refractivity contribution is 0.414. The number of thiazole rings is 1. The zero-order valence-corrected chi connectivity index (χ0v) is 14.8. The molecule has 5 heteroatoms. The Balaban J connectivity index is 1.63. The molecule has 0 saturated heterocycles. The molecule has 1 aromatic heterocycles. The normalized spacial score (nSPS) is 12.4. The van der Waals surface area contributed by atoms with Crippen molar-refractivity contribution in [3.63, 3.8) is 0 Å². The highest BCUT2D eigenvalue weighted by Gasteiger charge is 2.23. The topological polar surface area (TPSA) is 34.5 Å². The van der Waals surface area contributed by atoms with Crippen molar-refractivity contribution in [2.24, 2.45) is 4.99 Å². The molecule has 1 heterocycles. The Morgan fingerprint density at radius 1 is 1.26 bits per heavy atom. The number of aliphatic imine (C=N–C) groups is 1. The molecule has 0 unspecified atom stereocenters. The molecule has 0 spiro atoms. The molecule has 0 fully saturated rings. The van der Waals surface area contributed by atoms with E-state index >= 15 is 0 Å². The van der Waals surface area contributed by atoms with E-state index in [1.807, 2.05) is 36.5 Å². The molecule has 23 heavy (non-hydrogen) atoms. The number of hydrogen-bond donors (Lipinski definition) is 0. The van der Waals surface area contributed by atoms with Gasteiger partial charge in [-0.2, -0.15) is 0 Å². The lowest BCUT2D eigenvalue weighted by atomic mass is 10.1. The fourth-order valence-electron chi connectivity index (χ4n) is 2.69. The number of benzene rings is 2. The molecule has 1 aliphatic carbocycles. The number of aromatic nitrogens is 1. The number of hydrogen-bond acceptors (Lipinski definition) is 4. The summed E-state index contributed by atoms with van der Waals surface area (Å²) in [7, 11) is 1.69. The van der Waals surface area contributed by atoms with Crippen LogP contribution in [-0.4, -0.2) is 18.3 Å². The van der Waals surface area contributed by atoms with Gasteiger partial charge in [0.25, 0.3) is 0 Å². The number of rotatable bonds is 3. The van der Waals surface area contributed by atoms with Gasteiger partial charge in [-0.25, -0.2) is 9.98 Å². The van der Waals surface area contributed by atoms with E-state index in [1.165, 1.54) is 16.0 Å². The fourth-order valence-corrected chi connectivity index (χ4v) is 4.05. The van der Waals surface area contributed by atoms with E-state index in [-0.39, 0.29) is 0 Å². The second kappa shape index (κ2) is 5.91.